The average molecular weight is 258 g/mol. The van der Waals surface area contributed by atoms with E-state index >= 15 is 0 Å². The van der Waals surface area contributed by atoms with Crippen LogP contribution in [0.4, 0.5) is 0 Å². The lowest BCUT2D eigenvalue weighted by Crippen LogP contribution is -1.95. The van der Waals surface area contributed by atoms with E-state index in [9.17, 15) is 14.4 Å². The number of rotatable bonds is 4. The van der Waals surface area contributed by atoms with Gasteiger partial charge in [0.05, 0.1) is 0 Å². The van der Waals surface area contributed by atoms with Gasteiger partial charge in [0.1, 0.15) is 0 Å². The van der Waals surface area contributed by atoms with E-state index in [1.165, 1.54) is 6.92 Å². The van der Waals surface area contributed by atoms with Crippen LogP contribution in [0.15, 0.2) is 37.0 Å². The Hall–Kier alpha value is -2.37. The molecule has 0 aliphatic heterocycles. The van der Waals surface area contributed by atoms with Crippen molar-refractivity contribution in [2.24, 2.45) is 0 Å². The summed E-state index contributed by atoms with van der Waals surface area (Å²) in [5.41, 5.74) is 0.440. The smallest absolute Gasteiger partial charge is 0.330 e. The van der Waals surface area contributed by atoms with Gasteiger partial charge in [0.2, 0.25) is 0 Å². The Labute approximate surface area is 106 Å². The van der Waals surface area contributed by atoms with E-state index in [-0.39, 0.29) is 11.1 Å². The van der Waals surface area contributed by atoms with E-state index in [0.29, 0.717) is 6.42 Å². The minimum Gasteiger partial charge on any atom is -0.478 e. The lowest BCUT2D eigenvalue weighted by molar-refractivity contribution is -0.133. The Morgan fingerprint density at radius 1 is 1.06 bits per heavy atom. The minimum atomic E-state index is -0.981. The molecule has 0 aliphatic carbocycles. The molecule has 0 heterocycles. The molecule has 0 radical (unpaired) electrons. The molecular weight excluding hydrogens is 240 g/mol. The molecule has 0 aromatic carbocycles. The van der Waals surface area contributed by atoms with E-state index in [2.05, 4.69) is 19.7 Å². The summed E-state index contributed by atoms with van der Waals surface area (Å²) in [7, 11) is 0. The van der Waals surface area contributed by atoms with Crippen molar-refractivity contribution in [3.8, 4) is 0 Å². The van der Waals surface area contributed by atoms with E-state index in [1.807, 2.05) is 0 Å². The molecule has 0 aromatic heterocycles. The first-order chi connectivity index (χ1) is 8.09. The van der Waals surface area contributed by atoms with E-state index in [4.69, 9.17) is 15.3 Å². The predicted octanol–water partition coefficient (Wildman–Crippen LogP) is 1.94. The summed E-state index contributed by atoms with van der Waals surface area (Å²) in [6, 6.07) is 0. The average Bonchev–Trinajstić information content (AvgIpc) is 2.29. The van der Waals surface area contributed by atoms with Crippen LogP contribution in [0.5, 0.6) is 0 Å². The van der Waals surface area contributed by atoms with Gasteiger partial charge in [-0.25, -0.2) is 14.4 Å². The summed E-state index contributed by atoms with van der Waals surface area (Å²) < 4.78 is 0. The zero-order valence-corrected chi connectivity index (χ0v) is 10.5. The lowest BCUT2D eigenvalue weighted by atomic mass is 10.2. The highest BCUT2D eigenvalue weighted by Crippen LogP contribution is 1.93. The Bertz CT molecular complexity index is 328. The maximum Gasteiger partial charge on any atom is 0.330 e. The van der Waals surface area contributed by atoms with Gasteiger partial charge in [0.25, 0.3) is 0 Å². The first-order valence-corrected chi connectivity index (χ1v) is 4.75. The van der Waals surface area contributed by atoms with Crippen molar-refractivity contribution in [1.29, 1.82) is 0 Å². The molecule has 6 nitrogen and oxygen atoms in total. The summed E-state index contributed by atoms with van der Waals surface area (Å²) >= 11 is 0. The molecule has 0 atom stereocenters. The fraction of sp³-hybridized carbons (Fsp3) is 0.250. The molecule has 0 aromatic rings. The number of aliphatic carboxylic acids is 3. The second kappa shape index (κ2) is 12.7. The third kappa shape index (κ3) is 23.4. The van der Waals surface area contributed by atoms with Crippen molar-refractivity contribution in [2.45, 2.75) is 20.3 Å². The van der Waals surface area contributed by atoms with Crippen LogP contribution in [0, 0.1) is 0 Å². The van der Waals surface area contributed by atoms with Crippen LogP contribution < -0.4 is 0 Å². The molecule has 18 heavy (non-hydrogen) atoms. The summed E-state index contributed by atoms with van der Waals surface area (Å²) in [5, 5.41) is 23.6. The van der Waals surface area contributed by atoms with Gasteiger partial charge in [-0.2, -0.15) is 0 Å². The fourth-order valence-corrected chi connectivity index (χ4v) is 0.151. The summed E-state index contributed by atoms with van der Waals surface area (Å²) in [4.78, 5) is 28.7. The SMILES string of the molecule is C=C(C)C(=O)O.C=C(CC)C(=O)O.C=CC(=O)O. The van der Waals surface area contributed by atoms with Gasteiger partial charge >= 0.3 is 17.9 Å². The van der Waals surface area contributed by atoms with Crippen LogP contribution in [-0.4, -0.2) is 33.2 Å². The molecule has 102 valence electrons. The second-order valence-corrected chi connectivity index (χ2v) is 2.89. The first kappa shape index (κ1) is 21.0. The van der Waals surface area contributed by atoms with Crippen molar-refractivity contribution < 1.29 is 29.7 Å². The lowest BCUT2D eigenvalue weighted by Gasteiger charge is -1.87. The molecule has 3 N–H and O–H groups in total. The predicted molar refractivity (Wildman–Crippen MR) is 67.3 cm³/mol. The number of carbonyl (C=O) groups is 3. The summed E-state index contributed by atoms with van der Waals surface area (Å²) in [6.07, 6.45) is 1.36. The zero-order valence-electron chi connectivity index (χ0n) is 10.5. The molecule has 0 unspecified atom stereocenters. The summed E-state index contributed by atoms with van der Waals surface area (Å²) in [5.74, 6) is -2.82. The van der Waals surface area contributed by atoms with E-state index in [1.54, 1.807) is 6.92 Å². The van der Waals surface area contributed by atoms with Gasteiger partial charge in [0.15, 0.2) is 0 Å². The van der Waals surface area contributed by atoms with Gasteiger partial charge in [-0.3, -0.25) is 0 Å². The molecule has 0 saturated carbocycles. The standard InChI is InChI=1S/C5H8O2.C4H6O2.C3H4O2/c1-3-4(2)5(6)7;1-3(2)4(5)6;1-2-3(4)5/h2-3H2,1H3,(H,6,7);1H2,2H3,(H,5,6);2H,1H2,(H,4,5). The number of hydrogen-bond acceptors (Lipinski definition) is 3. The van der Waals surface area contributed by atoms with Crippen molar-refractivity contribution in [3.63, 3.8) is 0 Å². The van der Waals surface area contributed by atoms with Crippen LogP contribution >= 0.6 is 0 Å². The molecule has 0 fully saturated rings. The maximum atomic E-state index is 9.83. The Morgan fingerprint density at radius 3 is 1.33 bits per heavy atom. The van der Waals surface area contributed by atoms with Gasteiger partial charge in [-0.05, 0) is 13.3 Å². The highest BCUT2D eigenvalue weighted by atomic mass is 16.4. The van der Waals surface area contributed by atoms with Crippen LogP contribution in [0.25, 0.3) is 0 Å². The third-order valence-corrected chi connectivity index (χ3v) is 1.27. The second-order valence-electron chi connectivity index (χ2n) is 2.89. The Kier molecular flexibility index (Phi) is 14.8. The van der Waals surface area contributed by atoms with Crippen LogP contribution in [0.3, 0.4) is 0 Å². The fourth-order valence-electron chi connectivity index (χ4n) is 0.151. The number of carboxylic acids is 3. The molecule has 0 aliphatic rings. The quantitative estimate of drug-likeness (QED) is 0.664. The van der Waals surface area contributed by atoms with Gasteiger partial charge in [0, 0.05) is 17.2 Å². The Balaban J connectivity index is -0.000000190. The highest BCUT2D eigenvalue weighted by molar-refractivity contribution is 5.85. The van der Waals surface area contributed by atoms with Crippen LogP contribution in [0.2, 0.25) is 0 Å². The maximum absolute atomic E-state index is 9.83. The van der Waals surface area contributed by atoms with Gasteiger partial charge in [-0.1, -0.05) is 26.7 Å². The monoisotopic (exact) mass is 258 g/mol. The number of hydrogen-bond donors (Lipinski definition) is 3. The van der Waals surface area contributed by atoms with Crippen molar-refractivity contribution in [3.05, 3.63) is 37.0 Å². The number of carboxylic acid groups (broad SMARTS) is 3. The molecule has 0 rings (SSSR count). The zero-order chi connectivity index (χ0) is 15.3. The normalized spacial score (nSPS) is 7.44. The molecule has 0 spiro atoms. The van der Waals surface area contributed by atoms with Crippen molar-refractivity contribution >= 4 is 17.9 Å². The summed E-state index contributed by atoms with van der Waals surface area (Å²) in [6.45, 7) is 12.6. The highest BCUT2D eigenvalue weighted by Gasteiger charge is 1.96. The van der Waals surface area contributed by atoms with E-state index in [0.717, 1.165) is 6.08 Å². The molecular formula is C12H18O6. The van der Waals surface area contributed by atoms with Crippen LogP contribution in [0.1, 0.15) is 20.3 Å². The van der Waals surface area contributed by atoms with Gasteiger partial charge < -0.3 is 15.3 Å². The van der Waals surface area contributed by atoms with Crippen molar-refractivity contribution in [1.82, 2.24) is 0 Å². The topological polar surface area (TPSA) is 112 Å². The molecule has 6 heteroatoms. The molecule has 0 saturated heterocycles. The largest absolute Gasteiger partial charge is 0.478 e. The Morgan fingerprint density at radius 2 is 1.33 bits per heavy atom. The minimum absolute atomic E-state index is 0.176. The van der Waals surface area contributed by atoms with Crippen molar-refractivity contribution in [2.75, 3.05) is 0 Å². The first-order valence-electron chi connectivity index (χ1n) is 4.75. The van der Waals surface area contributed by atoms with Gasteiger partial charge in [-0.15, -0.1) is 0 Å². The molecule has 0 bridgehead atoms. The molecule has 0 amide bonds. The third-order valence-electron chi connectivity index (χ3n) is 1.27. The van der Waals surface area contributed by atoms with Crippen LogP contribution in [-0.2, 0) is 14.4 Å². The van der Waals surface area contributed by atoms with E-state index < -0.39 is 17.9 Å².